The van der Waals surface area contributed by atoms with Crippen molar-refractivity contribution in [1.82, 2.24) is 9.97 Å². The van der Waals surface area contributed by atoms with Gasteiger partial charge in [0.2, 0.25) is 0 Å². The van der Waals surface area contributed by atoms with Crippen LogP contribution in [0.3, 0.4) is 0 Å². The zero-order valence-corrected chi connectivity index (χ0v) is 10.7. The Balaban J connectivity index is 2.09. The smallest absolute Gasteiger partial charge is 0.135 e. The number of nitriles is 1. The monoisotopic (exact) mass is 253 g/mol. The highest BCUT2D eigenvalue weighted by molar-refractivity contribution is 5.58. The second kappa shape index (κ2) is 6.36. The van der Waals surface area contributed by atoms with Gasteiger partial charge in [0.05, 0.1) is 12.5 Å². The summed E-state index contributed by atoms with van der Waals surface area (Å²) < 4.78 is 0. The predicted molar refractivity (Wildman–Crippen MR) is 75.3 cm³/mol. The summed E-state index contributed by atoms with van der Waals surface area (Å²) in [4.78, 5) is 10.3. The molecule has 0 bridgehead atoms. The highest BCUT2D eigenvalue weighted by atomic mass is 15.2. The van der Waals surface area contributed by atoms with E-state index in [4.69, 9.17) is 5.26 Å². The first-order chi connectivity index (χ1) is 9.29. The molecule has 0 amide bonds. The van der Waals surface area contributed by atoms with Crippen LogP contribution < -0.4 is 10.2 Å². The Labute approximate surface area is 112 Å². The average molecular weight is 253 g/mol. The van der Waals surface area contributed by atoms with E-state index in [1.807, 2.05) is 48.3 Å². The Hall–Kier alpha value is -2.61. The molecule has 0 spiro atoms. The van der Waals surface area contributed by atoms with E-state index in [-0.39, 0.29) is 0 Å². The van der Waals surface area contributed by atoms with Crippen molar-refractivity contribution in [3.8, 4) is 6.07 Å². The first kappa shape index (κ1) is 12.8. The van der Waals surface area contributed by atoms with Crippen LogP contribution in [-0.2, 0) is 0 Å². The van der Waals surface area contributed by atoms with Gasteiger partial charge in [0, 0.05) is 25.3 Å². The number of anilines is 3. The minimum atomic E-state index is 0.474. The quantitative estimate of drug-likeness (QED) is 0.887. The molecule has 19 heavy (non-hydrogen) atoms. The van der Waals surface area contributed by atoms with Crippen LogP contribution in [0.15, 0.2) is 42.7 Å². The lowest BCUT2D eigenvalue weighted by molar-refractivity contribution is 0.880. The lowest BCUT2D eigenvalue weighted by Gasteiger charge is -2.16. The number of hydrogen-bond acceptors (Lipinski definition) is 5. The van der Waals surface area contributed by atoms with Crippen LogP contribution in [0.4, 0.5) is 17.3 Å². The second-order valence-corrected chi connectivity index (χ2v) is 4.08. The summed E-state index contributed by atoms with van der Waals surface area (Å²) in [5, 5.41) is 11.8. The normalized spacial score (nSPS) is 9.68. The van der Waals surface area contributed by atoms with Crippen molar-refractivity contribution < 1.29 is 0 Å². The van der Waals surface area contributed by atoms with E-state index in [1.165, 1.54) is 6.33 Å². The van der Waals surface area contributed by atoms with Gasteiger partial charge in [-0.2, -0.15) is 5.26 Å². The highest BCUT2D eigenvalue weighted by Gasteiger charge is 2.04. The summed E-state index contributed by atoms with van der Waals surface area (Å²) >= 11 is 0. The number of para-hydroxylation sites is 1. The van der Waals surface area contributed by atoms with Crippen LogP contribution in [0, 0.1) is 11.3 Å². The summed E-state index contributed by atoms with van der Waals surface area (Å²) in [7, 11) is 1.91. The molecule has 2 aromatic rings. The molecule has 1 aromatic carbocycles. The molecule has 1 aromatic heterocycles. The fourth-order valence-electron chi connectivity index (χ4n) is 1.63. The molecule has 0 atom stereocenters. The van der Waals surface area contributed by atoms with Crippen LogP contribution in [0.1, 0.15) is 6.42 Å². The molecule has 0 aliphatic carbocycles. The van der Waals surface area contributed by atoms with Crippen molar-refractivity contribution in [2.45, 2.75) is 6.42 Å². The van der Waals surface area contributed by atoms with Gasteiger partial charge < -0.3 is 10.2 Å². The topological polar surface area (TPSA) is 64.8 Å². The van der Waals surface area contributed by atoms with E-state index in [9.17, 15) is 0 Å². The molecule has 5 nitrogen and oxygen atoms in total. The number of aromatic nitrogens is 2. The summed E-state index contributed by atoms with van der Waals surface area (Å²) in [5.41, 5.74) is 0.979. The van der Waals surface area contributed by atoms with Crippen LogP contribution in [-0.4, -0.2) is 23.6 Å². The van der Waals surface area contributed by atoms with E-state index < -0.39 is 0 Å². The maximum atomic E-state index is 8.59. The lowest BCUT2D eigenvalue weighted by Crippen LogP contribution is -2.19. The van der Waals surface area contributed by atoms with Crippen LogP contribution in [0.5, 0.6) is 0 Å². The minimum Gasteiger partial charge on any atom is -0.358 e. The predicted octanol–water partition coefficient (Wildman–Crippen LogP) is 2.57. The zero-order valence-electron chi connectivity index (χ0n) is 10.7. The van der Waals surface area contributed by atoms with E-state index in [1.54, 1.807) is 0 Å². The Morgan fingerprint density at radius 3 is 2.79 bits per heavy atom. The van der Waals surface area contributed by atoms with E-state index in [0.29, 0.717) is 13.0 Å². The van der Waals surface area contributed by atoms with Crippen molar-refractivity contribution >= 4 is 17.3 Å². The van der Waals surface area contributed by atoms with Gasteiger partial charge in [-0.1, -0.05) is 18.2 Å². The molecule has 0 unspecified atom stereocenters. The summed E-state index contributed by atoms with van der Waals surface area (Å²) in [6, 6.07) is 13.8. The van der Waals surface area contributed by atoms with Crippen molar-refractivity contribution in [3.05, 3.63) is 42.7 Å². The molecule has 1 heterocycles. The SMILES string of the molecule is CN(CCC#N)c1cc(Nc2ccccc2)ncn1. The maximum absolute atomic E-state index is 8.59. The fourth-order valence-corrected chi connectivity index (χ4v) is 1.63. The molecule has 0 radical (unpaired) electrons. The largest absolute Gasteiger partial charge is 0.358 e. The zero-order chi connectivity index (χ0) is 13.5. The standard InChI is InChI=1S/C14H15N5/c1-19(9-5-8-15)14-10-13(16-11-17-14)18-12-6-3-2-4-7-12/h2-4,6-7,10-11H,5,9H2,1H3,(H,16,17,18). The molecule has 1 N–H and O–H groups in total. The van der Waals surface area contributed by atoms with Gasteiger partial charge in [-0.25, -0.2) is 9.97 Å². The van der Waals surface area contributed by atoms with Crippen molar-refractivity contribution in [2.24, 2.45) is 0 Å². The Morgan fingerprint density at radius 1 is 1.26 bits per heavy atom. The average Bonchev–Trinajstić information content (AvgIpc) is 2.46. The third-order valence-electron chi connectivity index (χ3n) is 2.65. The van der Waals surface area contributed by atoms with E-state index in [0.717, 1.165) is 17.3 Å². The molecule has 2 rings (SSSR count). The van der Waals surface area contributed by atoms with Gasteiger partial charge in [-0.15, -0.1) is 0 Å². The summed E-state index contributed by atoms with van der Waals surface area (Å²) in [6.45, 7) is 0.651. The molecule has 5 heteroatoms. The van der Waals surface area contributed by atoms with Gasteiger partial charge in [0.15, 0.2) is 0 Å². The minimum absolute atomic E-state index is 0.474. The first-order valence-corrected chi connectivity index (χ1v) is 6.02. The Morgan fingerprint density at radius 2 is 2.05 bits per heavy atom. The lowest BCUT2D eigenvalue weighted by atomic mass is 10.3. The van der Waals surface area contributed by atoms with Gasteiger partial charge in [-0.3, -0.25) is 0 Å². The van der Waals surface area contributed by atoms with Gasteiger partial charge >= 0.3 is 0 Å². The molecule has 0 saturated heterocycles. The van der Waals surface area contributed by atoms with E-state index in [2.05, 4.69) is 21.4 Å². The molecule has 0 aliphatic rings. The molecule has 0 saturated carbocycles. The number of nitrogens with zero attached hydrogens (tertiary/aromatic N) is 4. The number of nitrogens with one attached hydrogen (secondary N) is 1. The number of hydrogen-bond donors (Lipinski definition) is 1. The van der Waals surface area contributed by atoms with E-state index >= 15 is 0 Å². The third kappa shape index (κ3) is 3.68. The van der Waals surface area contributed by atoms with Crippen LogP contribution in [0.2, 0.25) is 0 Å². The summed E-state index contributed by atoms with van der Waals surface area (Å²) in [5.74, 6) is 1.53. The van der Waals surface area contributed by atoms with Crippen molar-refractivity contribution in [1.29, 1.82) is 5.26 Å². The van der Waals surface area contributed by atoms with Crippen molar-refractivity contribution in [2.75, 3.05) is 23.8 Å². The van der Waals surface area contributed by atoms with Crippen LogP contribution in [0.25, 0.3) is 0 Å². The van der Waals surface area contributed by atoms with Crippen molar-refractivity contribution in [3.63, 3.8) is 0 Å². The second-order valence-electron chi connectivity index (χ2n) is 4.08. The molecule has 0 aliphatic heterocycles. The number of benzene rings is 1. The summed E-state index contributed by atoms with van der Waals surface area (Å²) in [6.07, 6.45) is 1.99. The first-order valence-electron chi connectivity index (χ1n) is 6.02. The number of rotatable bonds is 5. The molecule has 0 fully saturated rings. The molecular weight excluding hydrogens is 238 g/mol. The van der Waals surface area contributed by atoms with Crippen LogP contribution >= 0.6 is 0 Å². The third-order valence-corrected chi connectivity index (χ3v) is 2.65. The Bertz CT molecular complexity index is 562. The molecular formula is C14H15N5. The highest BCUT2D eigenvalue weighted by Crippen LogP contribution is 2.17. The van der Waals surface area contributed by atoms with Gasteiger partial charge in [-0.05, 0) is 12.1 Å². The van der Waals surface area contributed by atoms with Gasteiger partial charge in [0.1, 0.15) is 18.0 Å². The Kier molecular flexibility index (Phi) is 4.29. The van der Waals surface area contributed by atoms with Gasteiger partial charge in [0.25, 0.3) is 0 Å². The molecule has 96 valence electrons. The maximum Gasteiger partial charge on any atom is 0.135 e. The fraction of sp³-hybridized carbons (Fsp3) is 0.214.